The summed E-state index contributed by atoms with van der Waals surface area (Å²) in [6.07, 6.45) is 0.301. The minimum atomic E-state index is -1.48. The Balaban J connectivity index is 2.86. The van der Waals surface area contributed by atoms with Gasteiger partial charge in [-0.3, -0.25) is 9.59 Å². The fourth-order valence-corrected chi connectivity index (χ4v) is 1.85. The van der Waals surface area contributed by atoms with E-state index in [0.717, 1.165) is 0 Å². The van der Waals surface area contributed by atoms with Crippen LogP contribution in [0.2, 0.25) is 0 Å². The van der Waals surface area contributed by atoms with Gasteiger partial charge in [-0.15, -0.1) is 0 Å². The van der Waals surface area contributed by atoms with Crippen LogP contribution in [0.3, 0.4) is 0 Å². The highest BCUT2D eigenvalue weighted by molar-refractivity contribution is 5.96. The highest BCUT2D eigenvalue weighted by atomic mass is 16.5. The van der Waals surface area contributed by atoms with Gasteiger partial charge in [0.05, 0.1) is 12.2 Å². The SMILES string of the molecule is CCOC(=O)C(C(=O)O)C1(O)CC1(C)C. The first-order chi connectivity index (χ1) is 6.76. The van der Waals surface area contributed by atoms with E-state index in [-0.39, 0.29) is 6.61 Å². The molecule has 0 radical (unpaired) electrons. The number of aliphatic carboxylic acids is 1. The highest BCUT2D eigenvalue weighted by Gasteiger charge is 2.69. The summed E-state index contributed by atoms with van der Waals surface area (Å²) in [6, 6.07) is 0. The zero-order valence-electron chi connectivity index (χ0n) is 9.11. The normalized spacial score (nSPS) is 29.3. The van der Waals surface area contributed by atoms with Crippen molar-refractivity contribution < 1.29 is 24.5 Å². The number of ether oxygens (including phenoxy) is 1. The molecule has 0 aromatic rings. The Morgan fingerprint density at radius 2 is 1.93 bits per heavy atom. The smallest absolute Gasteiger partial charge is 0.323 e. The molecule has 0 aliphatic heterocycles. The summed E-state index contributed by atoms with van der Waals surface area (Å²) < 4.78 is 4.65. The molecule has 1 aliphatic rings. The lowest BCUT2D eigenvalue weighted by Gasteiger charge is -2.20. The van der Waals surface area contributed by atoms with Crippen LogP contribution >= 0.6 is 0 Å². The fraction of sp³-hybridized carbons (Fsp3) is 0.800. The van der Waals surface area contributed by atoms with Crippen LogP contribution in [0.15, 0.2) is 0 Å². The van der Waals surface area contributed by atoms with E-state index < -0.39 is 28.9 Å². The number of carboxylic acids is 1. The summed E-state index contributed by atoms with van der Waals surface area (Å²) in [5.74, 6) is -3.67. The first kappa shape index (κ1) is 12.0. The van der Waals surface area contributed by atoms with Crippen molar-refractivity contribution in [2.75, 3.05) is 6.61 Å². The number of esters is 1. The summed E-state index contributed by atoms with van der Waals surface area (Å²) in [6.45, 7) is 5.16. The van der Waals surface area contributed by atoms with Crippen molar-refractivity contribution in [2.45, 2.75) is 32.8 Å². The minimum Gasteiger partial charge on any atom is -0.481 e. The maximum Gasteiger partial charge on any atom is 0.323 e. The summed E-state index contributed by atoms with van der Waals surface area (Å²) in [5.41, 5.74) is -2.01. The van der Waals surface area contributed by atoms with E-state index in [2.05, 4.69) is 4.74 Å². The summed E-state index contributed by atoms with van der Waals surface area (Å²) in [7, 11) is 0. The summed E-state index contributed by atoms with van der Waals surface area (Å²) in [5, 5.41) is 18.9. The maximum absolute atomic E-state index is 11.4. The molecule has 0 bridgehead atoms. The molecule has 0 aromatic carbocycles. The highest BCUT2D eigenvalue weighted by Crippen LogP contribution is 2.59. The van der Waals surface area contributed by atoms with Gasteiger partial charge in [0.25, 0.3) is 0 Å². The lowest BCUT2D eigenvalue weighted by molar-refractivity contribution is -0.166. The Hall–Kier alpha value is -1.10. The van der Waals surface area contributed by atoms with Gasteiger partial charge in [0.15, 0.2) is 5.92 Å². The molecule has 15 heavy (non-hydrogen) atoms. The Bertz CT molecular complexity index is 296. The van der Waals surface area contributed by atoms with Crippen molar-refractivity contribution in [1.29, 1.82) is 0 Å². The topological polar surface area (TPSA) is 83.8 Å². The molecule has 1 saturated carbocycles. The van der Waals surface area contributed by atoms with Crippen LogP contribution in [-0.4, -0.2) is 34.4 Å². The Morgan fingerprint density at radius 1 is 1.47 bits per heavy atom. The molecule has 1 rings (SSSR count). The fourth-order valence-electron chi connectivity index (χ4n) is 1.85. The van der Waals surface area contributed by atoms with Crippen molar-refractivity contribution in [2.24, 2.45) is 11.3 Å². The molecule has 1 aliphatic carbocycles. The van der Waals surface area contributed by atoms with Crippen LogP contribution in [0.5, 0.6) is 0 Å². The van der Waals surface area contributed by atoms with Crippen LogP contribution in [-0.2, 0) is 14.3 Å². The van der Waals surface area contributed by atoms with Crippen LogP contribution in [0.1, 0.15) is 27.2 Å². The van der Waals surface area contributed by atoms with Gasteiger partial charge in [0.1, 0.15) is 0 Å². The predicted molar refractivity (Wildman–Crippen MR) is 51.1 cm³/mol. The predicted octanol–water partition coefficient (Wildman–Crippen LogP) is 0.411. The second-order valence-electron chi connectivity index (χ2n) is 4.51. The van der Waals surface area contributed by atoms with Crippen molar-refractivity contribution >= 4 is 11.9 Å². The maximum atomic E-state index is 11.4. The second kappa shape index (κ2) is 3.48. The molecule has 0 heterocycles. The van der Waals surface area contributed by atoms with Gasteiger partial charge in [-0.25, -0.2) is 0 Å². The van der Waals surface area contributed by atoms with Crippen molar-refractivity contribution in [3.8, 4) is 0 Å². The van der Waals surface area contributed by atoms with Gasteiger partial charge in [0, 0.05) is 0 Å². The van der Waals surface area contributed by atoms with E-state index in [1.54, 1.807) is 20.8 Å². The number of hydrogen-bond donors (Lipinski definition) is 2. The van der Waals surface area contributed by atoms with Crippen molar-refractivity contribution in [3.05, 3.63) is 0 Å². The van der Waals surface area contributed by atoms with Crippen LogP contribution in [0.4, 0.5) is 0 Å². The van der Waals surface area contributed by atoms with Gasteiger partial charge in [0.2, 0.25) is 0 Å². The zero-order valence-corrected chi connectivity index (χ0v) is 9.11. The van der Waals surface area contributed by atoms with Gasteiger partial charge in [-0.05, 0) is 18.8 Å². The molecule has 2 unspecified atom stereocenters. The average molecular weight is 216 g/mol. The monoisotopic (exact) mass is 216 g/mol. The van der Waals surface area contributed by atoms with Gasteiger partial charge in [-0.2, -0.15) is 0 Å². The third kappa shape index (κ3) is 1.84. The molecule has 0 amide bonds. The Labute approximate surface area is 88.0 Å². The van der Waals surface area contributed by atoms with E-state index in [4.69, 9.17) is 5.11 Å². The summed E-state index contributed by atoms with van der Waals surface area (Å²) in [4.78, 5) is 22.3. The molecular formula is C10H16O5. The number of hydrogen-bond acceptors (Lipinski definition) is 4. The largest absolute Gasteiger partial charge is 0.481 e. The quantitative estimate of drug-likeness (QED) is 0.525. The van der Waals surface area contributed by atoms with E-state index in [1.165, 1.54) is 0 Å². The molecule has 0 saturated heterocycles. The van der Waals surface area contributed by atoms with Crippen molar-refractivity contribution in [3.63, 3.8) is 0 Å². The molecule has 5 heteroatoms. The number of carboxylic acid groups (broad SMARTS) is 1. The minimum absolute atomic E-state index is 0.110. The third-order valence-corrected chi connectivity index (χ3v) is 3.01. The van der Waals surface area contributed by atoms with Crippen LogP contribution in [0, 0.1) is 11.3 Å². The van der Waals surface area contributed by atoms with Crippen molar-refractivity contribution in [1.82, 2.24) is 0 Å². The first-order valence-electron chi connectivity index (χ1n) is 4.88. The molecule has 86 valence electrons. The lowest BCUT2D eigenvalue weighted by Crippen LogP contribution is -2.40. The molecule has 0 aromatic heterocycles. The van der Waals surface area contributed by atoms with Gasteiger partial charge in [-0.1, -0.05) is 13.8 Å². The molecule has 0 spiro atoms. The van der Waals surface area contributed by atoms with Crippen LogP contribution in [0.25, 0.3) is 0 Å². The van der Waals surface area contributed by atoms with Gasteiger partial charge >= 0.3 is 11.9 Å². The number of carbonyl (C=O) groups excluding carboxylic acids is 1. The molecule has 5 nitrogen and oxygen atoms in total. The van der Waals surface area contributed by atoms with E-state index in [1.807, 2.05) is 0 Å². The zero-order chi connectivity index (χ0) is 11.9. The van der Waals surface area contributed by atoms with E-state index >= 15 is 0 Å². The standard InChI is InChI=1S/C10H16O5/c1-4-15-8(13)6(7(11)12)10(14)5-9(10,2)3/h6,14H,4-5H2,1-3H3,(H,11,12). The lowest BCUT2D eigenvalue weighted by atomic mass is 9.93. The van der Waals surface area contributed by atoms with Gasteiger partial charge < -0.3 is 14.9 Å². The van der Waals surface area contributed by atoms with Crippen LogP contribution < -0.4 is 0 Å². The molecule has 1 fully saturated rings. The number of carbonyl (C=O) groups is 2. The van der Waals surface area contributed by atoms with E-state index in [9.17, 15) is 14.7 Å². The second-order valence-corrected chi connectivity index (χ2v) is 4.51. The summed E-state index contributed by atoms with van der Waals surface area (Å²) >= 11 is 0. The van der Waals surface area contributed by atoms with E-state index in [0.29, 0.717) is 6.42 Å². The number of rotatable bonds is 4. The number of aliphatic hydroxyl groups is 1. The Kier molecular flexibility index (Phi) is 2.78. The first-order valence-corrected chi connectivity index (χ1v) is 4.88. The molecule has 2 N–H and O–H groups in total. The molecular weight excluding hydrogens is 200 g/mol. The Morgan fingerprint density at radius 3 is 2.20 bits per heavy atom. The molecule has 2 atom stereocenters. The third-order valence-electron chi connectivity index (χ3n) is 3.01. The average Bonchev–Trinajstić information content (AvgIpc) is 2.49.